The van der Waals surface area contributed by atoms with E-state index in [4.69, 9.17) is 0 Å². The molecule has 128 valence electrons. The average Bonchev–Trinajstić information content (AvgIpc) is 3.00. The third-order valence-corrected chi connectivity index (χ3v) is 4.66. The molecule has 5 nitrogen and oxygen atoms in total. The van der Waals surface area contributed by atoms with E-state index in [-0.39, 0.29) is 13.0 Å². The number of likely N-dealkylation sites (tertiary alicyclic amines) is 1. The molecular weight excluding hydrogens is 343 g/mol. The summed E-state index contributed by atoms with van der Waals surface area (Å²) >= 11 is 1.29. The smallest absolute Gasteiger partial charge is 0.333 e. The lowest BCUT2D eigenvalue weighted by Crippen LogP contribution is -2.36. The van der Waals surface area contributed by atoms with Gasteiger partial charge in [0.2, 0.25) is 11.8 Å². The lowest BCUT2D eigenvalue weighted by Gasteiger charge is -2.18. The second-order valence-corrected chi connectivity index (χ2v) is 6.80. The summed E-state index contributed by atoms with van der Waals surface area (Å²) in [5, 5.41) is 2.98. The fraction of sp³-hybridized carbons (Fsp3) is 0.400. The van der Waals surface area contributed by atoms with Gasteiger partial charge < -0.3 is 10.2 Å². The van der Waals surface area contributed by atoms with Crippen molar-refractivity contribution in [1.82, 2.24) is 9.88 Å². The molecule has 1 atom stereocenters. The number of carbonyl (C=O) groups excluding carboxylic acids is 2. The maximum atomic E-state index is 12.4. The molecule has 1 unspecified atom stereocenters. The third kappa shape index (κ3) is 3.66. The van der Waals surface area contributed by atoms with Gasteiger partial charge in [-0.3, -0.25) is 9.59 Å². The van der Waals surface area contributed by atoms with Crippen LogP contribution in [-0.2, 0) is 9.59 Å². The van der Waals surface area contributed by atoms with Crippen molar-refractivity contribution in [2.75, 3.05) is 18.4 Å². The number of fused-ring (bicyclic) bond motifs is 1. The minimum absolute atomic E-state index is 0.216. The highest BCUT2D eigenvalue weighted by Gasteiger charge is 2.40. The fourth-order valence-electron chi connectivity index (χ4n) is 2.61. The lowest BCUT2D eigenvalue weighted by molar-refractivity contribution is -0.157. The van der Waals surface area contributed by atoms with Crippen LogP contribution >= 0.6 is 11.3 Å². The van der Waals surface area contributed by atoms with Gasteiger partial charge in [0.05, 0.1) is 16.1 Å². The van der Waals surface area contributed by atoms with Gasteiger partial charge in [0.15, 0.2) is 5.13 Å². The molecule has 1 fully saturated rings. The van der Waals surface area contributed by atoms with E-state index in [1.165, 1.54) is 11.3 Å². The first-order valence-corrected chi connectivity index (χ1v) is 8.05. The van der Waals surface area contributed by atoms with Crippen LogP contribution in [0.5, 0.6) is 0 Å². The summed E-state index contributed by atoms with van der Waals surface area (Å²) in [5.74, 6) is -1.94. The van der Waals surface area contributed by atoms with Crippen LogP contribution in [0.3, 0.4) is 0 Å². The highest BCUT2D eigenvalue weighted by Crippen LogP contribution is 2.29. The highest BCUT2D eigenvalue weighted by molar-refractivity contribution is 7.22. The molecule has 1 aromatic heterocycles. The van der Waals surface area contributed by atoms with E-state index in [9.17, 15) is 22.8 Å². The Morgan fingerprint density at radius 2 is 2.21 bits per heavy atom. The van der Waals surface area contributed by atoms with Crippen molar-refractivity contribution >= 4 is 38.5 Å². The summed E-state index contributed by atoms with van der Waals surface area (Å²) < 4.78 is 38.1. The summed E-state index contributed by atoms with van der Waals surface area (Å²) in [6.07, 6.45) is -4.68. The van der Waals surface area contributed by atoms with Crippen molar-refractivity contribution in [2.45, 2.75) is 19.5 Å². The molecular formula is C15H14F3N3O2S. The van der Waals surface area contributed by atoms with E-state index in [1.54, 1.807) is 0 Å². The Morgan fingerprint density at radius 3 is 2.92 bits per heavy atom. The predicted molar refractivity (Wildman–Crippen MR) is 83.7 cm³/mol. The molecule has 1 aromatic carbocycles. The monoisotopic (exact) mass is 357 g/mol. The number of aromatic nitrogens is 1. The topological polar surface area (TPSA) is 62.3 Å². The first-order valence-electron chi connectivity index (χ1n) is 7.24. The van der Waals surface area contributed by atoms with E-state index >= 15 is 0 Å². The molecule has 1 aliphatic heterocycles. The van der Waals surface area contributed by atoms with Crippen LogP contribution in [0.2, 0.25) is 0 Å². The van der Waals surface area contributed by atoms with Crippen molar-refractivity contribution < 1.29 is 22.8 Å². The Hall–Kier alpha value is -2.16. The van der Waals surface area contributed by atoms with Crippen molar-refractivity contribution in [3.63, 3.8) is 0 Å². The van der Waals surface area contributed by atoms with Crippen molar-refractivity contribution in [3.8, 4) is 0 Å². The number of carbonyl (C=O) groups is 2. The van der Waals surface area contributed by atoms with Crippen LogP contribution in [0.25, 0.3) is 10.2 Å². The molecule has 3 rings (SSSR count). The summed E-state index contributed by atoms with van der Waals surface area (Å²) in [7, 11) is 0. The molecule has 1 saturated heterocycles. The molecule has 2 heterocycles. The molecule has 0 bridgehead atoms. The van der Waals surface area contributed by atoms with E-state index in [0.29, 0.717) is 10.0 Å². The summed E-state index contributed by atoms with van der Waals surface area (Å²) in [6, 6.07) is 5.67. The van der Waals surface area contributed by atoms with Crippen molar-refractivity contribution in [3.05, 3.63) is 23.8 Å². The van der Waals surface area contributed by atoms with Gasteiger partial charge in [0, 0.05) is 13.0 Å². The van der Waals surface area contributed by atoms with Gasteiger partial charge in [-0.2, -0.15) is 13.2 Å². The zero-order valence-electron chi connectivity index (χ0n) is 12.7. The second-order valence-electron chi connectivity index (χ2n) is 5.77. The highest BCUT2D eigenvalue weighted by atomic mass is 32.1. The molecule has 9 heteroatoms. The number of hydrogen-bond donors (Lipinski definition) is 1. The van der Waals surface area contributed by atoms with Crippen LogP contribution in [0.15, 0.2) is 18.2 Å². The van der Waals surface area contributed by atoms with Gasteiger partial charge in [0.25, 0.3) is 0 Å². The van der Waals surface area contributed by atoms with Gasteiger partial charge in [-0.15, -0.1) is 0 Å². The first-order chi connectivity index (χ1) is 11.2. The number of benzene rings is 1. The van der Waals surface area contributed by atoms with E-state index in [0.717, 1.165) is 15.8 Å². The summed E-state index contributed by atoms with van der Waals surface area (Å²) in [6.45, 7) is 0.390. The van der Waals surface area contributed by atoms with E-state index in [1.807, 2.05) is 25.1 Å². The van der Waals surface area contributed by atoms with Crippen LogP contribution in [0, 0.1) is 12.8 Å². The minimum Gasteiger partial charge on any atom is -0.333 e. The number of anilines is 1. The number of nitrogens with one attached hydrogen (secondary N) is 1. The van der Waals surface area contributed by atoms with E-state index < -0.39 is 30.5 Å². The number of alkyl halides is 3. The summed E-state index contributed by atoms with van der Waals surface area (Å²) in [4.78, 5) is 28.8. The standard InChI is InChI=1S/C15H14F3N3O2S/c1-8-2-3-10-11(4-8)24-14(19-10)20-13(23)9-5-12(22)21(6-9)7-15(16,17)18/h2-4,9H,5-7H2,1H3,(H,19,20,23). The van der Waals surface area contributed by atoms with Crippen LogP contribution in [0.4, 0.5) is 18.3 Å². The molecule has 24 heavy (non-hydrogen) atoms. The number of rotatable bonds is 3. The molecule has 2 aromatic rings. The van der Waals surface area contributed by atoms with Gasteiger partial charge in [0.1, 0.15) is 6.54 Å². The molecule has 2 amide bonds. The quantitative estimate of drug-likeness (QED) is 0.919. The van der Waals surface area contributed by atoms with Crippen molar-refractivity contribution in [1.29, 1.82) is 0 Å². The van der Waals surface area contributed by atoms with Gasteiger partial charge >= 0.3 is 6.18 Å². The number of aryl methyl sites for hydroxylation is 1. The Bertz CT molecular complexity index is 803. The van der Waals surface area contributed by atoms with Crippen LogP contribution < -0.4 is 5.32 Å². The van der Waals surface area contributed by atoms with Crippen molar-refractivity contribution in [2.24, 2.45) is 5.92 Å². The number of hydrogen-bond acceptors (Lipinski definition) is 4. The Morgan fingerprint density at radius 1 is 1.46 bits per heavy atom. The zero-order chi connectivity index (χ0) is 17.5. The summed E-state index contributed by atoms with van der Waals surface area (Å²) in [5.41, 5.74) is 1.80. The van der Waals surface area contributed by atoms with Gasteiger partial charge in [-0.05, 0) is 24.6 Å². The fourth-order valence-corrected chi connectivity index (χ4v) is 3.58. The molecule has 0 spiro atoms. The number of nitrogens with zero attached hydrogens (tertiary/aromatic N) is 2. The lowest BCUT2D eigenvalue weighted by atomic mass is 10.1. The molecule has 0 aliphatic carbocycles. The first kappa shape index (κ1) is 16.7. The Labute approximate surface area is 139 Å². The maximum Gasteiger partial charge on any atom is 0.406 e. The maximum absolute atomic E-state index is 12.4. The molecule has 1 aliphatic rings. The number of thiazole rings is 1. The SMILES string of the molecule is Cc1ccc2nc(NC(=O)C3CC(=O)N(CC(F)(F)F)C3)sc2c1. The molecule has 0 radical (unpaired) electrons. The third-order valence-electron chi connectivity index (χ3n) is 3.73. The van der Waals surface area contributed by atoms with Crippen LogP contribution in [0.1, 0.15) is 12.0 Å². The zero-order valence-corrected chi connectivity index (χ0v) is 13.5. The normalized spacial score (nSPS) is 18.4. The molecule has 1 N–H and O–H groups in total. The molecule has 0 saturated carbocycles. The second kappa shape index (κ2) is 6.04. The Balaban J connectivity index is 1.67. The number of halogens is 3. The average molecular weight is 357 g/mol. The number of amides is 2. The van der Waals surface area contributed by atoms with Gasteiger partial charge in [-0.25, -0.2) is 4.98 Å². The van der Waals surface area contributed by atoms with Gasteiger partial charge in [-0.1, -0.05) is 17.4 Å². The van der Waals surface area contributed by atoms with E-state index in [2.05, 4.69) is 10.3 Å². The largest absolute Gasteiger partial charge is 0.406 e. The Kier molecular flexibility index (Phi) is 4.20. The minimum atomic E-state index is -4.47. The van der Waals surface area contributed by atoms with Crippen LogP contribution in [-0.4, -0.2) is 41.0 Å². The predicted octanol–water partition coefficient (Wildman–Crippen LogP) is 2.95.